The average molecular weight is 529 g/mol. The van der Waals surface area contributed by atoms with Crippen molar-refractivity contribution < 1.29 is 34.5 Å². The summed E-state index contributed by atoms with van der Waals surface area (Å²) in [6.45, 7) is 7.47. The lowest BCUT2D eigenvalue weighted by Crippen LogP contribution is -2.23. The largest absolute Gasteiger partial charge is 0.481 e. The molecule has 210 valence electrons. The topological polar surface area (TPSA) is 129 Å². The van der Waals surface area contributed by atoms with Gasteiger partial charge in [0.2, 0.25) is 0 Å². The van der Waals surface area contributed by atoms with Gasteiger partial charge in [-0.3, -0.25) is 19.2 Å². The quantitative estimate of drug-likeness (QED) is 0.185. The van der Waals surface area contributed by atoms with E-state index in [0.29, 0.717) is 73.7 Å². The first-order valence-electron chi connectivity index (χ1n) is 13.7. The lowest BCUT2D eigenvalue weighted by atomic mass is 9.84. The number of hydrogen-bond acceptors (Lipinski definition) is 6. The molecule has 0 fully saturated rings. The van der Waals surface area contributed by atoms with Crippen molar-refractivity contribution >= 4 is 23.3 Å². The van der Waals surface area contributed by atoms with Gasteiger partial charge in [-0.1, -0.05) is 26.7 Å². The maximum absolute atomic E-state index is 13.0. The van der Waals surface area contributed by atoms with E-state index in [1.54, 1.807) is 26.0 Å². The molecule has 0 aromatic carbocycles. The van der Waals surface area contributed by atoms with Gasteiger partial charge in [-0.25, -0.2) is 0 Å². The number of carbonyl (C=O) groups is 4. The molecule has 3 N–H and O–H groups in total. The number of ketones is 3. The standard InChI is InChI=1S/C31H44O7/c1-30(2,20-32)14-7-5-10-21-16-25(33)18-23(27(21)35)12-9-13-24-19-26(34)17-22(28(24)36)11-6-8-15-31(3,4)29(37)38/h16-19,26,32,34H,5-15,20H2,1-4H3,(H,37,38). The van der Waals surface area contributed by atoms with Gasteiger partial charge in [0.15, 0.2) is 17.3 Å². The second-order valence-corrected chi connectivity index (χ2v) is 12.1. The molecule has 0 amide bonds. The van der Waals surface area contributed by atoms with E-state index >= 15 is 0 Å². The Labute approximate surface area is 226 Å². The highest BCUT2D eigenvalue weighted by Gasteiger charge is 2.27. The Morgan fingerprint density at radius 1 is 0.737 bits per heavy atom. The normalized spacial score (nSPS) is 18.7. The van der Waals surface area contributed by atoms with Gasteiger partial charge in [-0.2, -0.15) is 0 Å². The number of carboxylic acid groups (broad SMARTS) is 1. The van der Waals surface area contributed by atoms with Crippen LogP contribution in [0.25, 0.3) is 0 Å². The van der Waals surface area contributed by atoms with Crippen LogP contribution in [0.3, 0.4) is 0 Å². The Bertz CT molecular complexity index is 1040. The zero-order valence-corrected chi connectivity index (χ0v) is 23.3. The molecule has 0 aromatic heterocycles. The van der Waals surface area contributed by atoms with Gasteiger partial charge in [0.05, 0.1) is 11.5 Å². The monoisotopic (exact) mass is 528 g/mol. The lowest BCUT2D eigenvalue weighted by Gasteiger charge is -2.21. The zero-order chi connectivity index (χ0) is 28.5. The van der Waals surface area contributed by atoms with E-state index in [4.69, 9.17) is 0 Å². The smallest absolute Gasteiger partial charge is 0.309 e. The van der Waals surface area contributed by atoms with Gasteiger partial charge >= 0.3 is 5.97 Å². The van der Waals surface area contributed by atoms with Crippen LogP contribution in [0.15, 0.2) is 46.6 Å². The molecule has 2 aliphatic carbocycles. The van der Waals surface area contributed by atoms with Crippen molar-refractivity contribution in [3.8, 4) is 0 Å². The number of carboxylic acids is 1. The number of rotatable bonds is 16. The van der Waals surface area contributed by atoms with Crippen LogP contribution in [0, 0.1) is 10.8 Å². The SMILES string of the molecule is CC(C)(CO)CCCCC1=CC(=O)C=C(CCCC2=CC(O)C=C(CCCCC(C)(C)C(=O)O)C2=O)C1=O. The Morgan fingerprint density at radius 3 is 1.71 bits per heavy atom. The highest BCUT2D eigenvalue weighted by molar-refractivity contribution is 6.20. The van der Waals surface area contributed by atoms with Gasteiger partial charge in [-0.05, 0) is 113 Å². The van der Waals surface area contributed by atoms with Crippen molar-refractivity contribution in [2.75, 3.05) is 6.61 Å². The first-order valence-corrected chi connectivity index (χ1v) is 13.7. The van der Waals surface area contributed by atoms with E-state index in [1.165, 1.54) is 12.2 Å². The van der Waals surface area contributed by atoms with Gasteiger partial charge < -0.3 is 15.3 Å². The van der Waals surface area contributed by atoms with E-state index in [0.717, 1.165) is 19.3 Å². The number of Topliss-reactive ketones (excluding diaryl/α,β-unsaturated/α-hetero) is 2. The summed E-state index contributed by atoms with van der Waals surface area (Å²) in [5.74, 6) is -1.26. The van der Waals surface area contributed by atoms with Gasteiger partial charge in [0.25, 0.3) is 0 Å². The summed E-state index contributed by atoms with van der Waals surface area (Å²) in [6, 6.07) is 0. The number of aliphatic hydroxyl groups excluding tert-OH is 2. The molecule has 38 heavy (non-hydrogen) atoms. The summed E-state index contributed by atoms with van der Waals surface area (Å²) in [5, 5.41) is 28.9. The number of allylic oxidation sites excluding steroid dienone is 6. The van der Waals surface area contributed by atoms with Crippen molar-refractivity contribution in [2.24, 2.45) is 10.8 Å². The van der Waals surface area contributed by atoms with Crippen LogP contribution in [-0.2, 0) is 19.2 Å². The molecule has 0 bridgehead atoms. The number of aliphatic carboxylic acids is 1. The molecular formula is C31H44O7. The average Bonchev–Trinajstić information content (AvgIpc) is 2.84. The molecule has 2 rings (SSSR count). The zero-order valence-electron chi connectivity index (χ0n) is 23.3. The minimum Gasteiger partial charge on any atom is -0.481 e. The fraction of sp³-hybridized carbons (Fsp3) is 0.613. The molecular weight excluding hydrogens is 484 g/mol. The molecule has 2 aliphatic rings. The van der Waals surface area contributed by atoms with Crippen LogP contribution in [0.1, 0.15) is 98.3 Å². The first kappa shape index (κ1) is 31.6. The molecule has 7 nitrogen and oxygen atoms in total. The van der Waals surface area contributed by atoms with Crippen LogP contribution in [-0.4, -0.2) is 51.3 Å². The summed E-state index contributed by atoms with van der Waals surface area (Å²) in [5.41, 5.74) is 1.07. The molecule has 0 saturated heterocycles. The van der Waals surface area contributed by atoms with Crippen LogP contribution >= 0.6 is 0 Å². The third-order valence-corrected chi connectivity index (χ3v) is 7.49. The second-order valence-electron chi connectivity index (χ2n) is 12.1. The van der Waals surface area contributed by atoms with E-state index in [1.807, 2.05) is 13.8 Å². The highest BCUT2D eigenvalue weighted by atomic mass is 16.4. The second kappa shape index (κ2) is 13.9. The van der Waals surface area contributed by atoms with Crippen molar-refractivity contribution in [3.63, 3.8) is 0 Å². The first-order chi connectivity index (χ1) is 17.8. The molecule has 1 atom stereocenters. The molecule has 0 radical (unpaired) electrons. The van der Waals surface area contributed by atoms with Crippen molar-refractivity contribution in [1.29, 1.82) is 0 Å². The minimum atomic E-state index is -0.851. The third kappa shape index (κ3) is 9.59. The van der Waals surface area contributed by atoms with E-state index in [9.17, 15) is 34.5 Å². The maximum Gasteiger partial charge on any atom is 0.309 e. The predicted molar refractivity (Wildman–Crippen MR) is 146 cm³/mol. The van der Waals surface area contributed by atoms with E-state index < -0.39 is 17.5 Å². The summed E-state index contributed by atoms with van der Waals surface area (Å²) >= 11 is 0. The Morgan fingerprint density at radius 2 is 1.18 bits per heavy atom. The Hall–Kier alpha value is -2.64. The molecule has 0 heterocycles. The summed E-state index contributed by atoms with van der Waals surface area (Å²) in [6.07, 6.45) is 11.6. The van der Waals surface area contributed by atoms with Crippen LogP contribution in [0.2, 0.25) is 0 Å². The summed E-state index contributed by atoms with van der Waals surface area (Å²) in [4.78, 5) is 49.4. The summed E-state index contributed by atoms with van der Waals surface area (Å²) < 4.78 is 0. The van der Waals surface area contributed by atoms with Gasteiger partial charge in [-0.15, -0.1) is 0 Å². The number of unbranched alkanes of at least 4 members (excludes halogenated alkanes) is 2. The molecule has 0 spiro atoms. The fourth-order valence-corrected chi connectivity index (χ4v) is 4.76. The predicted octanol–water partition coefficient (Wildman–Crippen LogP) is 5.21. The van der Waals surface area contributed by atoms with E-state index in [2.05, 4.69) is 0 Å². The van der Waals surface area contributed by atoms with Crippen molar-refractivity contribution in [3.05, 3.63) is 46.6 Å². The molecule has 0 aromatic rings. The van der Waals surface area contributed by atoms with Gasteiger partial charge in [0.1, 0.15) is 0 Å². The number of carbonyl (C=O) groups excluding carboxylic acids is 3. The van der Waals surface area contributed by atoms with Crippen molar-refractivity contribution in [1.82, 2.24) is 0 Å². The number of hydrogen-bond donors (Lipinski definition) is 3. The van der Waals surface area contributed by atoms with Crippen LogP contribution < -0.4 is 0 Å². The third-order valence-electron chi connectivity index (χ3n) is 7.49. The Kier molecular flexibility index (Phi) is 11.6. The highest BCUT2D eigenvalue weighted by Crippen LogP contribution is 2.29. The summed E-state index contributed by atoms with van der Waals surface area (Å²) in [7, 11) is 0. The number of aliphatic hydroxyl groups is 2. The molecule has 7 heteroatoms. The van der Waals surface area contributed by atoms with Gasteiger partial charge in [0, 0.05) is 17.8 Å². The molecule has 0 saturated carbocycles. The molecule has 1 unspecified atom stereocenters. The minimum absolute atomic E-state index is 0.110. The molecule has 0 aliphatic heterocycles. The Balaban J connectivity index is 1.83. The fourth-order valence-electron chi connectivity index (χ4n) is 4.76. The van der Waals surface area contributed by atoms with E-state index in [-0.39, 0.29) is 29.4 Å². The lowest BCUT2D eigenvalue weighted by molar-refractivity contribution is -0.147. The van der Waals surface area contributed by atoms with Crippen LogP contribution in [0.4, 0.5) is 0 Å². The maximum atomic E-state index is 13.0. The van der Waals surface area contributed by atoms with Crippen molar-refractivity contribution in [2.45, 2.75) is 104 Å². The van der Waals surface area contributed by atoms with Crippen LogP contribution in [0.5, 0.6) is 0 Å².